The number of Topliss-reactive ketones (excluding diaryl/α,β-unsaturated/α-hetero) is 1. The zero-order valence-electron chi connectivity index (χ0n) is 12.4. The number of nitrogens with one attached hydrogen (secondary N) is 1. The van der Waals surface area contributed by atoms with Crippen LogP contribution in [0.4, 0.5) is 0 Å². The molecule has 5 nitrogen and oxygen atoms in total. The lowest BCUT2D eigenvalue weighted by Crippen LogP contribution is -2.55. The Hall–Kier alpha value is -1.59. The minimum Gasteiger partial charge on any atom is -0.497 e. The first kappa shape index (κ1) is 14.4. The Morgan fingerprint density at radius 2 is 1.90 bits per heavy atom. The van der Waals surface area contributed by atoms with Gasteiger partial charge in [-0.05, 0) is 31.0 Å². The molecule has 114 valence electrons. The maximum Gasteiger partial charge on any atom is 0.169 e. The highest BCUT2D eigenvalue weighted by Gasteiger charge is 2.36. The van der Waals surface area contributed by atoms with Crippen molar-refractivity contribution in [2.75, 3.05) is 27.4 Å². The molecular weight excluding hydrogens is 270 g/mol. The second-order valence-corrected chi connectivity index (χ2v) is 5.70. The quantitative estimate of drug-likeness (QED) is 0.855. The number of ether oxygens (including phenoxy) is 3. The predicted molar refractivity (Wildman–Crippen MR) is 78.1 cm³/mol. The van der Waals surface area contributed by atoms with E-state index in [1.807, 2.05) is 0 Å². The molecule has 0 spiro atoms. The van der Waals surface area contributed by atoms with Gasteiger partial charge in [0.25, 0.3) is 0 Å². The van der Waals surface area contributed by atoms with Crippen LogP contribution in [-0.2, 0) is 4.74 Å². The fourth-order valence-electron chi connectivity index (χ4n) is 3.28. The first-order chi connectivity index (χ1) is 10.2. The Morgan fingerprint density at radius 1 is 1.19 bits per heavy atom. The summed E-state index contributed by atoms with van der Waals surface area (Å²) in [6.07, 6.45) is 1.63. The van der Waals surface area contributed by atoms with E-state index in [0.717, 1.165) is 12.8 Å². The highest BCUT2D eigenvalue weighted by molar-refractivity contribution is 6.00. The van der Waals surface area contributed by atoms with E-state index in [0.29, 0.717) is 30.3 Å². The molecule has 0 radical (unpaired) electrons. The Labute approximate surface area is 124 Å². The van der Waals surface area contributed by atoms with Gasteiger partial charge in [-0.25, -0.2) is 0 Å². The monoisotopic (exact) mass is 291 g/mol. The van der Waals surface area contributed by atoms with Crippen LogP contribution in [-0.4, -0.2) is 45.3 Å². The number of fused-ring (bicyclic) bond motifs is 2. The number of morpholine rings is 1. The summed E-state index contributed by atoms with van der Waals surface area (Å²) in [5.41, 5.74) is 0.614. The van der Waals surface area contributed by atoms with Crippen molar-refractivity contribution in [1.29, 1.82) is 0 Å². The molecule has 2 heterocycles. The normalized spacial score (nSPS) is 28.0. The van der Waals surface area contributed by atoms with Crippen molar-refractivity contribution in [3.63, 3.8) is 0 Å². The number of methoxy groups -OCH3 is 2. The van der Waals surface area contributed by atoms with E-state index in [-0.39, 0.29) is 23.8 Å². The summed E-state index contributed by atoms with van der Waals surface area (Å²) in [6.45, 7) is 1.38. The Balaban J connectivity index is 1.84. The van der Waals surface area contributed by atoms with Crippen LogP contribution < -0.4 is 14.8 Å². The van der Waals surface area contributed by atoms with Gasteiger partial charge in [0.1, 0.15) is 11.5 Å². The summed E-state index contributed by atoms with van der Waals surface area (Å²) in [5, 5.41) is 3.51. The third-order valence-electron chi connectivity index (χ3n) is 4.29. The zero-order valence-corrected chi connectivity index (χ0v) is 12.4. The Bertz CT molecular complexity index is 519. The lowest BCUT2D eigenvalue weighted by atomic mass is 9.82. The van der Waals surface area contributed by atoms with Gasteiger partial charge in [-0.2, -0.15) is 0 Å². The molecule has 21 heavy (non-hydrogen) atoms. The van der Waals surface area contributed by atoms with Crippen molar-refractivity contribution in [2.24, 2.45) is 5.92 Å². The van der Waals surface area contributed by atoms with Gasteiger partial charge in [0.05, 0.1) is 33.0 Å². The molecule has 2 bridgehead atoms. The van der Waals surface area contributed by atoms with Crippen LogP contribution in [0.15, 0.2) is 18.2 Å². The fraction of sp³-hybridized carbons (Fsp3) is 0.562. The smallest absolute Gasteiger partial charge is 0.169 e. The number of hydrogen-bond donors (Lipinski definition) is 1. The minimum atomic E-state index is 0.0196. The van der Waals surface area contributed by atoms with Crippen LogP contribution >= 0.6 is 0 Å². The van der Waals surface area contributed by atoms with Gasteiger partial charge < -0.3 is 19.5 Å². The number of carbonyl (C=O) groups excluding carboxylic acids is 1. The third kappa shape index (κ3) is 2.89. The van der Waals surface area contributed by atoms with Crippen LogP contribution in [0.1, 0.15) is 23.2 Å². The third-order valence-corrected chi connectivity index (χ3v) is 4.29. The number of benzene rings is 1. The molecule has 3 rings (SSSR count). The first-order valence-electron chi connectivity index (χ1n) is 7.31. The van der Waals surface area contributed by atoms with Crippen LogP contribution in [0.2, 0.25) is 0 Å². The molecule has 5 heteroatoms. The van der Waals surface area contributed by atoms with Gasteiger partial charge in [0.2, 0.25) is 0 Å². The maximum atomic E-state index is 12.9. The van der Waals surface area contributed by atoms with E-state index >= 15 is 0 Å². The second-order valence-electron chi connectivity index (χ2n) is 5.70. The average Bonchev–Trinajstić information content (AvgIpc) is 2.53. The van der Waals surface area contributed by atoms with Crippen molar-refractivity contribution in [3.8, 4) is 11.5 Å². The molecule has 2 atom stereocenters. The number of ketones is 1. The summed E-state index contributed by atoms with van der Waals surface area (Å²) in [5.74, 6) is 1.45. The van der Waals surface area contributed by atoms with E-state index in [1.54, 1.807) is 32.4 Å². The van der Waals surface area contributed by atoms with Gasteiger partial charge in [-0.1, -0.05) is 0 Å². The van der Waals surface area contributed by atoms with Crippen molar-refractivity contribution in [3.05, 3.63) is 23.8 Å². The van der Waals surface area contributed by atoms with Crippen molar-refractivity contribution in [2.45, 2.75) is 24.9 Å². The molecular formula is C16H21NO4. The van der Waals surface area contributed by atoms with Crippen LogP contribution in [0.5, 0.6) is 11.5 Å². The lowest BCUT2D eigenvalue weighted by molar-refractivity contribution is 0.00948. The van der Waals surface area contributed by atoms with Crippen LogP contribution in [0, 0.1) is 5.92 Å². The van der Waals surface area contributed by atoms with E-state index in [9.17, 15) is 4.79 Å². The largest absolute Gasteiger partial charge is 0.497 e. The molecule has 0 aromatic heterocycles. The molecule has 0 saturated carbocycles. The Morgan fingerprint density at radius 3 is 2.52 bits per heavy atom. The highest BCUT2D eigenvalue weighted by atomic mass is 16.5. The second kappa shape index (κ2) is 6.03. The van der Waals surface area contributed by atoms with Gasteiger partial charge in [0, 0.05) is 18.0 Å². The summed E-state index contributed by atoms with van der Waals surface area (Å²) in [6, 6.07) is 5.93. The molecule has 2 fully saturated rings. The van der Waals surface area contributed by atoms with Crippen molar-refractivity contribution >= 4 is 5.78 Å². The van der Waals surface area contributed by atoms with Crippen molar-refractivity contribution < 1.29 is 19.0 Å². The standard InChI is InChI=1S/C16H21NO4/c1-19-13-3-4-15(20-2)14(7-13)16(18)10-5-11-8-21-9-12(6-10)17-11/h3-4,7,10-12,17H,5-6,8-9H2,1-2H3. The SMILES string of the molecule is COc1ccc(OC)c(C(=O)C2CC3COCC(C2)N3)c1. The number of hydrogen-bond acceptors (Lipinski definition) is 5. The van der Waals surface area contributed by atoms with E-state index in [4.69, 9.17) is 14.2 Å². The van der Waals surface area contributed by atoms with Crippen LogP contribution in [0.3, 0.4) is 0 Å². The average molecular weight is 291 g/mol. The van der Waals surface area contributed by atoms with Gasteiger partial charge >= 0.3 is 0 Å². The summed E-state index contributed by atoms with van der Waals surface area (Å²) >= 11 is 0. The molecule has 2 unspecified atom stereocenters. The minimum absolute atomic E-state index is 0.0196. The van der Waals surface area contributed by atoms with Crippen molar-refractivity contribution in [1.82, 2.24) is 5.32 Å². The molecule has 1 aromatic rings. The maximum absolute atomic E-state index is 12.9. The molecule has 0 aliphatic carbocycles. The van der Waals surface area contributed by atoms with E-state index in [1.165, 1.54) is 0 Å². The molecule has 2 saturated heterocycles. The first-order valence-corrected chi connectivity index (χ1v) is 7.31. The predicted octanol–water partition coefficient (Wildman–Crippen LogP) is 1.65. The highest BCUT2D eigenvalue weighted by Crippen LogP contribution is 2.32. The van der Waals surface area contributed by atoms with Gasteiger partial charge in [-0.3, -0.25) is 4.79 Å². The Kier molecular flexibility index (Phi) is 4.12. The van der Waals surface area contributed by atoms with Gasteiger partial charge in [-0.15, -0.1) is 0 Å². The number of carbonyl (C=O) groups is 1. The fourth-order valence-corrected chi connectivity index (χ4v) is 3.28. The lowest BCUT2D eigenvalue weighted by Gasteiger charge is -2.39. The van der Waals surface area contributed by atoms with E-state index in [2.05, 4.69) is 5.32 Å². The van der Waals surface area contributed by atoms with Crippen LogP contribution in [0.25, 0.3) is 0 Å². The summed E-state index contributed by atoms with van der Waals surface area (Å²) in [4.78, 5) is 12.9. The molecule has 1 aromatic carbocycles. The molecule has 0 amide bonds. The summed E-state index contributed by atoms with van der Waals surface area (Å²) < 4.78 is 16.1. The number of piperidine rings is 1. The van der Waals surface area contributed by atoms with Gasteiger partial charge in [0.15, 0.2) is 5.78 Å². The number of rotatable bonds is 4. The zero-order chi connectivity index (χ0) is 14.8. The molecule has 1 N–H and O–H groups in total. The summed E-state index contributed by atoms with van der Waals surface area (Å²) in [7, 11) is 3.19. The van der Waals surface area contributed by atoms with E-state index < -0.39 is 0 Å². The molecule has 2 aliphatic heterocycles. The topological polar surface area (TPSA) is 56.8 Å². The molecule has 2 aliphatic rings.